The van der Waals surface area contributed by atoms with E-state index in [1.54, 1.807) is 18.2 Å². The Labute approximate surface area is 98.4 Å². The third-order valence-corrected chi connectivity index (χ3v) is 3.44. The van der Waals surface area contributed by atoms with Crippen LogP contribution in [-0.4, -0.2) is 11.3 Å². The molecular formula is C11H11Cl2NO. The Bertz CT molecular complexity index is 413. The maximum absolute atomic E-state index is 12.1. The smallest absolute Gasteiger partial charge is 0.184 e. The lowest BCUT2D eigenvalue weighted by Gasteiger charge is -2.36. The number of ketones is 1. The van der Waals surface area contributed by atoms with E-state index in [0.29, 0.717) is 15.6 Å². The molecular weight excluding hydrogens is 233 g/mol. The highest BCUT2D eigenvalue weighted by Gasteiger charge is 2.41. The third kappa shape index (κ3) is 1.89. The van der Waals surface area contributed by atoms with Crippen LogP contribution >= 0.6 is 23.2 Å². The van der Waals surface area contributed by atoms with Gasteiger partial charge in [0.15, 0.2) is 5.78 Å². The molecule has 0 radical (unpaired) electrons. The standard InChI is InChI=1S/C11H11Cl2NO/c12-7-2-3-9(13)8(6-7)10(15)11(14)4-1-5-11/h2-3,6H,1,4-5,14H2. The molecule has 1 aromatic rings. The van der Waals surface area contributed by atoms with Crippen LogP contribution in [0.3, 0.4) is 0 Å². The van der Waals surface area contributed by atoms with Crippen molar-refractivity contribution in [3.63, 3.8) is 0 Å². The second-order valence-corrected chi connectivity index (χ2v) is 4.81. The molecule has 0 unspecified atom stereocenters. The molecule has 1 saturated carbocycles. The van der Waals surface area contributed by atoms with Crippen molar-refractivity contribution in [2.45, 2.75) is 24.8 Å². The van der Waals surface area contributed by atoms with Gasteiger partial charge in [-0.05, 0) is 37.5 Å². The zero-order valence-corrected chi connectivity index (χ0v) is 9.61. The fourth-order valence-corrected chi connectivity index (χ4v) is 2.10. The maximum atomic E-state index is 12.1. The second kappa shape index (κ2) is 3.78. The van der Waals surface area contributed by atoms with E-state index in [9.17, 15) is 4.79 Å². The van der Waals surface area contributed by atoms with Gasteiger partial charge in [-0.3, -0.25) is 4.79 Å². The van der Waals surface area contributed by atoms with Gasteiger partial charge in [0, 0.05) is 10.6 Å². The molecule has 0 heterocycles. The summed E-state index contributed by atoms with van der Waals surface area (Å²) in [4.78, 5) is 12.1. The molecule has 1 aliphatic carbocycles. The minimum Gasteiger partial charge on any atom is -0.319 e. The number of carbonyl (C=O) groups is 1. The summed E-state index contributed by atoms with van der Waals surface area (Å²) in [6.45, 7) is 0. The van der Waals surface area contributed by atoms with E-state index in [4.69, 9.17) is 28.9 Å². The van der Waals surface area contributed by atoms with Gasteiger partial charge in [0.25, 0.3) is 0 Å². The fraction of sp³-hybridized carbons (Fsp3) is 0.364. The van der Waals surface area contributed by atoms with E-state index >= 15 is 0 Å². The first-order valence-corrected chi connectivity index (χ1v) is 5.57. The zero-order chi connectivity index (χ0) is 11.1. The number of rotatable bonds is 2. The molecule has 4 heteroatoms. The predicted molar refractivity (Wildman–Crippen MR) is 61.6 cm³/mol. The molecule has 0 aromatic heterocycles. The van der Waals surface area contributed by atoms with Crippen LogP contribution in [0, 0.1) is 0 Å². The summed E-state index contributed by atoms with van der Waals surface area (Å²) < 4.78 is 0. The summed E-state index contributed by atoms with van der Waals surface area (Å²) in [6, 6.07) is 4.86. The van der Waals surface area contributed by atoms with Crippen molar-refractivity contribution in [2.75, 3.05) is 0 Å². The average molecular weight is 244 g/mol. The molecule has 0 saturated heterocycles. The van der Waals surface area contributed by atoms with Gasteiger partial charge in [-0.25, -0.2) is 0 Å². The van der Waals surface area contributed by atoms with Crippen LogP contribution in [0.25, 0.3) is 0 Å². The van der Waals surface area contributed by atoms with Gasteiger partial charge >= 0.3 is 0 Å². The normalized spacial score (nSPS) is 18.3. The SMILES string of the molecule is NC1(C(=O)c2cc(Cl)ccc2Cl)CCC1. The highest BCUT2D eigenvalue weighted by molar-refractivity contribution is 6.36. The minimum atomic E-state index is -0.714. The quantitative estimate of drug-likeness (QED) is 0.812. The Morgan fingerprint density at radius 2 is 2.00 bits per heavy atom. The molecule has 80 valence electrons. The van der Waals surface area contributed by atoms with Crippen molar-refractivity contribution in [1.29, 1.82) is 0 Å². The van der Waals surface area contributed by atoms with Crippen molar-refractivity contribution in [3.05, 3.63) is 33.8 Å². The van der Waals surface area contributed by atoms with E-state index in [1.165, 1.54) is 0 Å². The molecule has 1 aromatic carbocycles. The average Bonchev–Trinajstić information content (AvgIpc) is 2.17. The number of hydrogen-bond acceptors (Lipinski definition) is 2. The van der Waals surface area contributed by atoms with Crippen LogP contribution in [0.4, 0.5) is 0 Å². The third-order valence-electron chi connectivity index (χ3n) is 2.87. The number of Topliss-reactive ketones (excluding diaryl/α,β-unsaturated/α-hetero) is 1. The van der Waals surface area contributed by atoms with Gasteiger partial charge in [0.05, 0.1) is 10.6 Å². The summed E-state index contributed by atoms with van der Waals surface area (Å²) in [5, 5.41) is 0.923. The Kier molecular flexibility index (Phi) is 2.75. The van der Waals surface area contributed by atoms with Crippen molar-refractivity contribution in [3.8, 4) is 0 Å². The van der Waals surface area contributed by atoms with Crippen LogP contribution < -0.4 is 5.73 Å². The zero-order valence-electron chi connectivity index (χ0n) is 8.09. The lowest BCUT2D eigenvalue weighted by Crippen LogP contribution is -2.53. The number of halogens is 2. The summed E-state index contributed by atoms with van der Waals surface area (Å²) >= 11 is 11.8. The van der Waals surface area contributed by atoms with E-state index in [2.05, 4.69) is 0 Å². The van der Waals surface area contributed by atoms with Crippen LogP contribution in [0.1, 0.15) is 29.6 Å². The molecule has 2 rings (SSSR count). The molecule has 0 spiro atoms. The molecule has 0 bridgehead atoms. The lowest BCUT2D eigenvalue weighted by atomic mass is 9.73. The molecule has 2 N–H and O–H groups in total. The van der Waals surface area contributed by atoms with E-state index in [1.807, 2.05) is 0 Å². The van der Waals surface area contributed by atoms with Crippen molar-refractivity contribution in [2.24, 2.45) is 5.73 Å². The molecule has 2 nitrogen and oxygen atoms in total. The highest BCUT2D eigenvalue weighted by Crippen LogP contribution is 2.34. The minimum absolute atomic E-state index is 0.0961. The molecule has 0 aliphatic heterocycles. The van der Waals surface area contributed by atoms with Gasteiger partial charge in [-0.1, -0.05) is 23.2 Å². The second-order valence-electron chi connectivity index (χ2n) is 3.96. The monoisotopic (exact) mass is 243 g/mol. The van der Waals surface area contributed by atoms with Crippen molar-refractivity contribution >= 4 is 29.0 Å². The van der Waals surface area contributed by atoms with E-state index in [0.717, 1.165) is 19.3 Å². The first kappa shape index (κ1) is 10.9. The molecule has 0 atom stereocenters. The van der Waals surface area contributed by atoms with Crippen LogP contribution in [-0.2, 0) is 0 Å². The summed E-state index contributed by atoms with van der Waals surface area (Å²) in [6.07, 6.45) is 2.46. The van der Waals surface area contributed by atoms with Crippen LogP contribution in [0.15, 0.2) is 18.2 Å². The first-order valence-electron chi connectivity index (χ1n) is 4.82. The topological polar surface area (TPSA) is 43.1 Å². The van der Waals surface area contributed by atoms with Crippen molar-refractivity contribution in [1.82, 2.24) is 0 Å². The Hall–Kier alpha value is -0.570. The number of hydrogen-bond donors (Lipinski definition) is 1. The van der Waals surface area contributed by atoms with Gasteiger partial charge in [0.1, 0.15) is 0 Å². The van der Waals surface area contributed by atoms with Crippen molar-refractivity contribution < 1.29 is 4.79 Å². The predicted octanol–water partition coefficient (Wildman–Crippen LogP) is 3.06. The van der Waals surface area contributed by atoms with Gasteiger partial charge in [-0.2, -0.15) is 0 Å². The fourth-order valence-electron chi connectivity index (χ4n) is 1.72. The maximum Gasteiger partial charge on any atom is 0.184 e. The Morgan fingerprint density at radius 1 is 1.33 bits per heavy atom. The summed E-state index contributed by atoms with van der Waals surface area (Å²) in [5.74, 6) is -0.0961. The lowest BCUT2D eigenvalue weighted by molar-refractivity contribution is 0.0801. The van der Waals surface area contributed by atoms with E-state index in [-0.39, 0.29) is 5.78 Å². The Balaban J connectivity index is 2.36. The van der Waals surface area contributed by atoms with Gasteiger partial charge < -0.3 is 5.73 Å². The summed E-state index contributed by atoms with van der Waals surface area (Å²) in [5.41, 5.74) is 5.67. The first-order chi connectivity index (χ1) is 7.03. The molecule has 15 heavy (non-hydrogen) atoms. The molecule has 0 amide bonds. The summed E-state index contributed by atoms with van der Waals surface area (Å²) in [7, 11) is 0. The van der Waals surface area contributed by atoms with Gasteiger partial charge in [-0.15, -0.1) is 0 Å². The number of benzene rings is 1. The molecule has 1 aliphatic rings. The van der Waals surface area contributed by atoms with E-state index < -0.39 is 5.54 Å². The van der Waals surface area contributed by atoms with Gasteiger partial charge in [0.2, 0.25) is 0 Å². The Morgan fingerprint density at radius 3 is 2.53 bits per heavy atom. The highest BCUT2D eigenvalue weighted by atomic mass is 35.5. The van der Waals surface area contributed by atoms with Crippen LogP contribution in [0.2, 0.25) is 10.0 Å². The number of nitrogens with two attached hydrogens (primary N) is 1. The number of carbonyl (C=O) groups excluding carboxylic acids is 1. The largest absolute Gasteiger partial charge is 0.319 e. The molecule has 1 fully saturated rings. The van der Waals surface area contributed by atoms with Crippen LogP contribution in [0.5, 0.6) is 0 Å².